The van der Waals surface area contributed by atoms with E-state index >= 15 is 0 Å². The smallest absolute Gasteiger partial charge is 0.0373 e. The second-order valence-electron chi connectivity index (χ2n) is 3.33. The number of anilines is 1. The van der Waals surface area contributed by atoms with Crippen molar-refractivity contribution >= 4 is 18.3 Å². The molecule has 0 radical (unpaired) electrons. The average Bonchev–Trinajstić information content (AvgIpc) is 2.13. The van der Waals surface area contributed by atoms with E-state index < -0.39 is 0 Å². The highest BCUT2D eigenvalue weighted by atomic mass is 32.1. The van der Waals surface area contributed by atoms with Crippen LogP contribution in [0.2, 0.25) is 0 Å². The van der Waals surface area contributed by atoms with Crippen LogP contribution in [0.4, 0.5) is 5.69 Å². The van der Waals surface area contributed by atoms with Gasteiger partial charge in [-0.1, -0.05) is 6.07 Å². The van der Waals surface area contributed by atoms with Crippen LogP contribution in [0.5, 0.6) is 0 Å². The third-order valence-corrected chi connectivity index (χ3v) is 2.71. The molecule has 2 heteroatoms. The van der Waals surface area contributed by atoms with E-state index in [0.717, 1.165) is 12.3 Å². The van der Waals surface area contributed by atoms with E-state index in [2.05, 4.69) is 50.8 Å². The predicted octanol–water partition coefficient (Wildman–Crippen LogP) is 2.95. The summed E-state index contributed by atoms with van der Waals surface area (Å²) in [5, 5.41) is 3.35. The summed E-state index contributed by atoms with van der Waals surface area (Å²) in [6.45, 7) is 7.39. The Hall–Kier alpha value is -0.630. The van der Waals surface area contributed by atoms with Crippen LogP contribution in [0, 0.1) is 20.8 Å². The normalized spacial score (nSPS) is 10.2. The van der Waals surface area contributed by atoms with Crippen LogP contribution in [0.3, 0.4) is 0 Å². The lowest BCUT2D eigenvalue weighted by atomic mass is 10.0. The van der Waals surface area contributed by atoms with Crippen LogP contribution in [0.1, 0.15) is 16.7 Å². The van der Waals surface area contributed by atoms with Crippen LogP contribution < -0.4 is 5.32 Å². The molecule has 1 N–H and O–H groups in total. The molecule has 0 aromatic heterocycles. The Morgan fingerprint density at radius 1 is 1.15 bits per heavy atom. The van der Waals surface area contributed by atoms with Crippen LogP contribution in [0.25, 0.3) is 0 Å². The highest BCUT2D eigenvalue weighted by Crippen LogP contribution is 2.21. The van der Waals surface area contributed by atoms with Gasteiger partial charge in [-0.2, -0.15) is 12.6 Å². The number of thiol groups is 1. The number of rotatable bonds is 3. The minimum absolute atomic E-state index is 0.867. The van der Waals surface area contributed by atoms with Crippen LogP contribution >= 0.6 is 12.6 Å². The van der Waals surface area contributed by atoms with E-state index in [1.54, 1.807) is 0 Å². The van der Waals surface area contributed by atoms with E-state index in [1.165, 1.54) is 22.4 Å². The Kier molecular flexibility index (Phi) is 3.67. The predicted molar refractivity (Wildman–Crippen MR) is 63.0 cm³/mol. The third kappa shape index (κ3) is 2.41. The highest BCUT2D eigenvalue weighted by Gasteiger charge is 2.01. The maximum absolute atomic E-state index is 4.17. The lowest BCUT2D eigenvalue weighted by Crippen LogP contribution is -2.05. The summed E-state index contributed by atoms with van der Waals surface area (Å²) in [7, 11) is 0. The van der Waals surface area contributed by atoms with Gasteiger partial charge in [-0.3, -0.25) is 0 Å². The lowest BCUT2D eigenvalue weighted by molar-refractivity contribution is 1.19. The van der Waals surface area contributed by atoms with Gasteiger partial charge in [0.25, 0.3) is 0 Å². The lowest BCUT2D eigenvalue weighted by Gasteiger charge is -2.12. The van der Waals surface area contributed by atoms with E-state index in [9.17, 15) is 0 Å². The molecule has 0 saturated heterocycles. The monoisotopic (exact) mass is 195 g/mol. The second-order valence-corrected chi connectivity index (χ2v) is 3.78. The molecule has 0 aliphatic rings. The van der Waals surface area contributed by atoms with Crippen molar-refractivity contribution in [3.63, 3.8) is 0 Å². The SMILES string of the molecule is Cc1ccc(NCCS)c(C)c1C. The van der Waals surface area contributed by atoms with Crippen molar-refractivity contribution in [1.29, 1.82) is 0 Å². The standard InChI is InChI=1S/C11H17NS/c1-8-4-5-11(12-6-7-13)10(3)9(8)2/h4-5,12-13H,6-7H2,1-3H3. The summed E-state index contributed by atoms with van der Waals surface area (Å²) in [6, 6.07) is 4.30. The van der Waals surface area contributed by atoms with Gasteiger partial charge in [0.05, 0.1) is 0 Å². The Balaban J connectivity index is 2.90. The first-order chi connectivity index (χ1) is 6.16. The molecule has 0 unspecified atom stereocenters. The van der Waals surface area contributed by atoms with Gasteiger partial charge in [-0.25, -0.2) is 0 Å². The van der Waals surface area contributed by atoms with Crippen molar-refractivity contribution in [3.8, 4) is 0 Å². The molecular formula is C11H17NS. The summed E-state index contributed by atoms with van der Waals surface area (Å²) in [4.78, 5) is 0. The summed E-state index contributed by atoms with van der Waals surface area (Å²) in [5.41, 5.74) is 5.32. The highest BCUT2D eigenvalue weighted by molar-refractivity contribution is 7.80. The first kappa shape index (κ1) is 10.5. The van der Waals surface area contributed by atoms with Gasteiger partial charge in [-0.15, -0.1) is 0 Å². The quantitative estimate of drug-likeness (QED) is 0.707. The molecule has 0 amide bonds. The van der Waals surface area contributed by atoms with Gasteiger partial charge in [-0.05, 0) is 43.5 Å². The molecule has 0 atom stereocenters. The van der Waals surface area contributed by atoms with E-state index in [4.69, 9.17) is 0 Å². The number of aryl methyl sites for hydroxylation is 1. The van der Waals surface area contributed by atoms with Crippen LogP contribution in [-0.4, -0.2) is 12.3 Å². The first-order valence-electron chi connectivity index (χ1n) is 4.58. The van der Waals surface area contributed by atoms with Crippen LogP contribution in [0.15, 0.2) is 12.1 Å². The van der Waals surface area contributed by atoms with Crippen molar-refractivity contribution in [2.45, 2.75) is 20.8 Å². The molecule has 0 fully saturated rings. The number of benzene rings is 1. The Bertz CT molecular complexity index is 294. The van der Waals surface area contributed by atoms with Crippen molar-refractivity contribution in [1.82, 2.24) is 0 Å². The molecule has 1 nitrogen and oxygen atoms in total. The summed E-state index contributed by atoms with van der Waals surface area (Å²) in [6.07, 6.45) is 0. The van der Waals surface area contributed by atoms with Crippen LogP contribution in [-0.2, 0) is 0 Å². The second kappa shape index (κ2) is 4.56. The molecular weight excluding hydrogens is 178 g/mol. The summed E-state index contributed by atoms with van der Waals surface area (Å²) in [5.74, 6) is 0.867. The minimum atomic E-state index is 0.867. The van der Waals surface area contributed by atoms with E-state index in [1.807, 2.05) is 0 Å². The first-order valence-corrected chi connectivity index (χ1v) is 5.21. The number of hydrogen-bond donors (Lipinski definition) is 2. The zero-order chi connectivity index (χ0) is 9.84. The van der Waals surface area contributed by atoms with Crippen molar-refractivity contribution < 1.29 is 0 Å². The molecule has 13 heavy (non-hydrogen) atoms. The number of nitrogens with one attached hydrogen (secondary N) is 1. The third-order valence-electron chi connectivity index (χ3n) is 2.49. The maximum atomic E-state index is 4.17. The van der Waals surface area contributed by atoms with Gasteiger partial charge in [0.15, 0.2) is 0 Å². The molecule has 0 spiro atoms. The van der Waals surface area contributed by atoms with E-state index in [0.29, 0.717) is 0 Å². The van der Waals surface area contributed by atoms with Crippen molar-refractivity contribution in [3.05, 3.63) is 28.8 Å². The topological polar surface area (TPSA) is 12.0 Å². The molecule has 1 aromatic rings. The molecule has 72 valence electrons. The summed E-state index contributed by atoms with van der Waals surface area (Å²) >= 11 is 4.17. The summed E-state index contributed by atoms with van der Waals surface area (Å²) < 4.78 is 0. The van der Waals surface area contributed by atoms with Gasteiger partial charge in [0.2, 0.25) is 0 Å². The number of hydrogen-bond acceptors (Lipinski definition) is 2. The molecule has 0 aliphatic carbocycles. The van der Waals surface area contributed by atoms with Gasteiger partial charge in [0, 0.05) is 18.0 Å². The molecule has 1 aromatic carbocycles. The van der Waals surface area contributed by atoms with Crippen molar-refractivity contribution in [2.75, 3.05) is 17.6 Å². The largest absolute Gasteiger partial charge is 0.384 e. The minimum Gasteiger partial charge on any atom is -0.384 e. The Morgan fingerprint density at radius 2 is 1.85 bits per heavy atom. The fourth-order valence-corrected chi connectivity index (χ4v) is 1.45. The van der Waals surface area contributed by atoms with E-state index in [-0.39, 0.29) is 0 Å². The molecule has 0 aliphatic heterocycles. The van der Waals surface area contributed by atoms with Gasteiger partial charge in [0.1, 0.15) is 0 Å². The molecule has 1 rings (SSSR count). The fourth-order valence-electron chi connectivity index (χ4n) is 1.34. The molecule has 0 bridgehead atoms. The maximum Gasteiger partial charge on any atom is 0.0373 e. The Morgan fingerprint density at radius 3 is 2.46 bits per heavy atom. The zero-order valence-corrected chi connectivity index (χ0v) is 9.41. The van der Waals surface area contributed by atoms with Gasteiger partial charge >= 0.3 is 0 Å². The van der Waals surface area contributed by atoms with Crippen molar-refractivity contribution in [2.24, 2.45) is 0 Å². The fraction of sp³-hybridized carbons (Fsp3) is 0.455. The molecule has 0 heterocycles. The zero-order valence-electron chi connectivity index (χ0n) is 8.52. The molecule has 0 saturated carbocycles. The Labute approximate surface area is 86.0 Å². The average molecular weight is 195 g/mol. The van der Waals surface area contributed by atoms with Gasteiger partial charge < -0.3 is 5.32 Å².